The topological polar surface area (TPSA) is 12.0 Å². The van der Waals surface area contributed by atoms with Gasteiger partial charge in [0.05, 0.1) is 0 Å². The second kappa shape index (κ2) is 7.10. The van der Waals surface area contributed by atoms with Crippen molar-refractivity contribution in [1.82, 2.24) is 5.32 Å². The van der Waals surface area contributed by atoms with Gasteiger partial charge < -0.3 is 5.32 Å². The molecule has 112 valence electrons. The minimum atomic E-state index is -0.114. The molecule has 1 nitrogen and oxygen atoms in total. The summed E-state index contributed by atoms with van der Waals surface area (Å²) >= 11 is 1.75. The summed E-state index contributed by atoms with van der Waals surface area (Å²) in [6.45, 7) is 5.98. The summed E-state index contributed by atoms with van der Waals surface area (Å²) in [5, 5.41) is 3.24. The van der Waals surface area contributed by atoms with E-state index in [9.17, 15) is 4.39 Å². The molecular weight excluding hydrogens is 281 g/mol. The highest BCUT2D eigenvalue weighted by Gasteiger charge is 2.17. The van der Waals surface area contributed by atoms with Gasteiger partial charge in [-0.25, -0.2) is 4.39 Å². The Balaban J connectivity index is 2.15. The molecule has 0 aromatic heterocycles. The number of benzene rings is 2. The quantitative estimate of drug-likeness (QED) is 0.796. The molecule has 0 amide bonds. The lowest BCUT2D eigenvalue weighted by Crippen LogP contribution is -2.21. The molecule has 0 saturated heterocycles. The van der Waals surface area contributed by atoms with Crippen molar-refractivity contribution in [2.24, 2.45) is 0 Å². The predicted octanol–water partition coefficient (Wildman–Crippen LogP) is 4.80. The molecule has 2 aromatic carbocycles. The third-order valence-corrected chi connectivity index (χ3v) is 4.72. The Morgan fingerprint density at radius 2 is 1.71 bits per heavy atom. The number of thioether (sulfide) groups is 1. The van der Waals surface area contributed by atoms with Crippen LogP contribution in [-0.2, 0) is 0 Å². The van der Waals surface area contributed by atoms with Gasteiger partial charge in [-0.3, -0.25) is 0 Å². The van der Waals surface area contributed by atoms with Crippen molar-refractivity contribution < 1.29 is 4.39 Å². The maximum absolute atomic E-state index is 14.3. The van der Waals surface area contributed by atoms with Gasteiger partial charge in [0.1, 0.15) is 5.82 Å². The first-order valence-corrected chi connectivity index (χ1v) is 8.13. The summed E-state index contributed by atoms with van der Waals surface area (Å²) in [7, 11) is 1.89. The number of hydrogen-bond acceptors (Lipinski definition) is 2. The smallest absolute Gasteiger partial charge is 0.128 e. The number of rotatable bonds is 5. The largest absolute Gasteiger partial charge is 0.312 e. The zero-order valence-corrected chi connectivity index (χ0v) is 13.9. The molecule has 21 heavy (non-hydrogen) atoms. The molecule has 2 rings (SSSR count). The van der Waals surface area contributed by atoms with Crippen LogP contribution in [0.4, 0.5) is 4.39 Å². The summed E-state index contributed by atoms with van der Waals surface area (Å²) in [5.41, 5.74) is 4.01. The van der Waals surface area contributed by atoms with E-state index in [0.717, 1.165) is 22.4 Å². The van der Waals surface area contributed by atoms with Crippen LogP contribution in [0.15, 0.2) is 41.3 Å². The molecule has 2 aromatic rings. The Bertz CT molecular complexity index is 584. The lowest BCUT2D eigenvalue weighted by molar-refractivity contribution is 0.561. The summed E-state index contributed by atoms with van der Waals surface area (Å²) in [4.78, 5) is 1.21. The van der Waals surface area contributed by atoms with Crippen molar-refractivity contribution in [2.75, 3.05) is 12.8 Å². The molecule has 0 bridgehead atoms. The van der Waals surface area contributed by atoms with Crippen LogP contribution in [0.5, 0.6) is 0 Å². The Hall–Kier alpha value is -1.32. The summed E-state index contributed by atoms with van der Waals surface area (Å²) in [6.07, 6.45) is 0. The number of nitrogens with one attached hydrogen (secondary N) is 1. The summed E-state index contributed by atoms with van der Waals surface area (Å²) in [6, 6.07) is 12.1. The third kappa shape index (κ3) is 4.08. The van der Waals surface area contributed by atoms with Gasteiger partial charge in [0.2, 0.25) is 0 Å². The zero-order chi connectivity index (χ0) is 15.4. The van der Waals surface area contributed by atoms with Crippen LogP contribution in [0, 0.1) is 26.6 Å². The second-order valence-corrected chi connectivity index (χ2v) is 6.54. The van der Waals surface area contributed by atoms with Crippen molar-refractivity contribution in [3.63, 3.8) is 0 Å². The van der Waals surface area contributed by atoms with Gasteiger partial charge in [0.25, 0.3) is 0 Å². The highest BCUT2D eigenvalue weighted by Crippen LogP contribution is 2.28. The van der Waals surface area contributed by atoms with Crippen LogP contribution in [0.2, 0.25) is 0 Å². The van der Waals surface area contributed by atoms with Crippen LogP contribution in [0.25, 0.3) is 0 Å². The molecule has 0 aliphatic rings. The van der Waals surface area contributed by atoms with Crippen molar-refractivity contribution in [3.05, 3.63) is 64.5 Å². The molecule has 0 heterocycles. The van der Waals surface area contributed by atoms with Gasteiger partial charge in [-0.15, -0.1) is 11.8 Å². The van der Waals surface area contributed by atoms with E-state index in [2.05, 4.69) is 36.5 Å². The van der Waals surface area contributed by atoms with E-state index in [-0.39, 0.29) is 11.9 Å². The lowest BCUT2D eigenvalue weighted by atomic mass is 9.99. The Kier molecular flexibility index (Phi) is 5.43. The zero-order valence-electron chi connectivity index (χ0n) is 13.0. The van der Waals surface area contributed by atoms with Crippen LogP contribution >= 0.6 is 11.8 Å². The maximum Gasteiger partial charge on any atom is 0.128 e. The molecule has 1 N–H and O–H groups in total. The van der Waals surface area contributed by atoms with E-state index in [1.165, 1.54) is 10.5 Å². The molecule has 0 saturated carbocycles. The summed E-state index contributed by atoms with van der Waals surface area (Å²) < 4.78 is 14.3. The fraction of sp³-hybridized carbons (Fsp3) is 0.333. The van der Waals surface area contributed by atoms with Gasteiger partial charge in [-0.2, -0.15) is 0 Å². The SMILES string of the molecule is CNC(CSc1ccc(C)cc1)c1c(C)cc(C)cc1F. The average molecular weight is 303 g/mol. The first-order valence-electron chi connectivity index (χ1n) is 7.14. The van der Waals surface area contributed by atoms with Crippen LogP contribution in [-0.4, -0.2) is 12.8 Å². The van der Waals surface area contributed by atoms with Crippen LogP contribution in [0.1, 0.15) is 28.3 Å². The lowest BCUT2D eigenvalue weighted by Gasteiger charge is -2.20. The molecule has 0 radical (unpaired) electrons. The molecule has 1 unspecified atom stereocenters. The molecule has 0 fully saturated rings. The maximum atomic E-state index is 14.3. The highest BCUT2D eigenvalue weighted by atomic mass is 32.2. The Morgan fingerprint density at radius 3 is 2.29 bits per heavy atom. The van der Waals surface area contributed by atoms with E-state index in [1.54, 1.807) is 17.8 Å². The monoisotopic (exact) mass is 303 g/mol. The molecule has 0 aliphatic carbocycles. The van der Waals surface area contributed by atoms with Crippen molar-refractivity contribution >= 4 is 11.8 Å². The van der Waals surface area contributed by atoms with Crippen LogP contribution < -0.4 is 5.32 Å². The van der Waals surface area contributed by atoms with Crippen LogP contribution in [0.3, 0.4) is 0 Å². The van der Waals surface area contributed by atoms with E-state index in [0.29, 0.717) is 0 Å². The molecule has 0 spiro atoms. The normalized spacial score (nSPS) is 12.4. The number of halogens is 1. The molecule has 3 heteroatoms. The molecule has 0 aliphatic heterocycles. The van der Waals surface area contributed by atoms with Gasteiger partial charge in [-0.1, -0.05) is 23.8 Å². The minimum Gasteiger partial charge on any atom is -0.312 e. The Morgan fingerprint density at radius 1 is 1.05 bits per heavy atom. The van der Waals surface area contributed by atoms with Crippen molar-refractivity contribution in [3.8, 4) is 0 Å². The van der Waals surface area contributed by atoms with E-state index in [1.807, 2.05) is 27.0 Å². The number of aryl methyl sites for hydroxylation is 3. The fourth-order valence-corrected chi connectivity index (χ4v) is 3.51. The number of hydrogen-bond donors (Lipinski definition) is 1. The first kappa shape index (κ1) is 16.1. The van der Waals surface area contributed by atoms with Gasteiger partial charge >= 0.3 is 0 Å². The predicted molar refractivity (Wildman–Crippen MR) is 89.6 cm³/mol. The van der Waals surface area contributed by atoms with Crippen molar-refractivity contribution in [1.29, 1.82) is 0 Å². The van der Waals surface area contributed by atoms with Gasteiger partial charge in [0.15, 0.2) is 0 Å². The molecule has 1 atom stereocenters. The van der Waals surface area contributed by atoms with E-state index in [4.69, 9.17) is 0 Å². The van der Waals surface area contributed by atoms with E-state index >= 15 is 0 Å². The minimum absolute atomic E-state index is 0.0110. The van der Waals surface area contributed by atoms with Gasteiger partial charge in [0, 0.05) is 22.3 Å². The van der Waals surface area contributed by atoms with Gasteiger partial charge in [-0.05, 0) is 57.1 Å². The first-order chi connectivity index (χ1) is 10.0. The fourth-order valence-electron chi connectivity index (χ4n) is 2.49. The highest BCUT2D eigenvalue weighted by molar-refractivity contribution is 7.99. The Labute approximate surface area is 131 Å². The standard InChI is InChI=1S/C18H22FNS/c1-12-5-7-15(8-6-12)21-11-17(20-4)18-14(3)9-13(2)10-16(18)19/h5-10,17,20H,11H2,1-4H3. The van der Waals surface area contributed by atoms with E-state index < -0.39 is 0 Å². The summed E-state index contributed by atoms with van der Waals surface area (Å²) in [5.74, 6) is 0.691. The molecular formula is C18H22FNS. The second-order valence-electron chi connectivity index (χ2n) is 5.44. The average Bonchev–Trinajstić information content (AvgIpc) is 2.43. The third-order valence-electron chi connectivity index (χ3n) is 3.62. The van der Waals surface area contributed by atoms with Crippen molar-refractivity contribution in [2.45, 2.75) is 31.7 Å².